The Bertz CT molecular complexity index is 929. The van der Waals surface area contributed by atoms with Gasteiger partial charge in [0.05, 0.1) is 22.8 Å². The fourth-order valence-electron chi connectivity index (χ4n) is 2.36. The van der Waals surface area contributed by atoms with E-state index in [-0.39, 0.29) is 12.5 Å². The Kier molecular flexibility index (Phi) is 6.27. The number of hydrogen-bond donors (Lipinski definition) is 1. The van der Waals surface area contributed by atoms with Gasteiger partial charge >= 0.3 is 0 Å². The third-order valence-electron chi connectivity index (χ3n) is 3.80. The van der Waals surface area contributed by atoms with Crippen LogP contribution in [-0.2, 0) is 0 Å². The van der Waals surface area contributed by atoms with E-state index in [4.69, 9.17) is 27.9 Å². The maximum Gasteiger partial charge on any atom is 0.252 e. The van der Waals surface area contributed by atoms with Crippen molar-refractivity contribution < 1.29 is 9.53 Å². The average molecular weight is 402 g/mol. The predicted octanol–water partition coefficient (Wildman–Crippen LogP) is 4.57. The van der Waals surface area contributed by atoms with Gasteiger partial charge < -0.3 is 10.1 Å². The summed E-state index contributed by atoms with van der Waals surface area (Å²) in [7, 11) is 0. The molecule has 0 saturated carbocycles. The Morgan fingerprint density at radius 1 is 1.04 bits per heavy atom. The van der Waals surface area contributed by atoms with Crippen LogP contribution in [0.5, 0.6) is 5.88 Å². The largest absolute Gasteiger partial charge is 0.475 e. The molecule has 0 aliphatic rings. The van der Waals surface area contributed by atoms with Gasteiger partial charge in [-0.3, -0.25) is 4.79 Å². The van der Waals surface area contributed by atoms with Crippen LogP contribution in [0, 0.1) is 6.92 Å². The molecule has 0 atom stereocenters. The van der Waals surface area contributed by atoms with Crippen molar-refractivity contribution in [3.8, 4) is 17.1 Å². The summed E-state index contributed by atoms with van der Waals surface area (Å²) in [6.07, 6.45) is 0. The molecule has 5 nitrogen and oxygen atoms in total. The Morgan fingerprint density at radius 3 is 2.48 bits per heavy atom. The number of hydrogen-bond acceptors (Lipinski definition) is 4. The van der Waals surface area contributed by atoms with Crippen LogP contribution < -0.4 is 10.1 Å². The van der Waals surface area contributed by atoms with Gasteiger partial charge in [0, 0.05) is 16.7 Å². The smallest absolute Gasteiger partial charge is 0.252 e. The van der Waals surface area contributed by atoms with Gasteiger partial charge in [0.25, 0.3) is 5.91 Å². The summed E-state index contributed by atoms with van der Waals surface area (Å²) >= 11 is 11.8. The molecule has 2 aromatic carbocycles. The highest BCUT2D eigenvalue weighted by molar-refractivity contribution is 6.36. The average Bonchev–Trinajstić information content (AvgIpc) is 2.66. The zero-order chi connectivity index (χ0) is 19.2. The fourth-order valence-corrected chi connectivity index (χ4v) is 2.86. The maximum absolute atomic E-state index is 12.1. The number of aromatic nitrogens is 2. The summed E-state index contributed by atoms with van der Waals surface area (Å²) in [6.45, 7) is 2.60. The Balaban J connectivity index is 1.49. The molecule has 138 valence electrons. The van der Waals surface area contributed by atoms with E-state index in [0.29, 0.717) is 28.0 Å². The van der Waals surface area contributed by atoms with Crippen LogP contribution in [0.25, 0.3) is 11.3 Å². The Morgan fingerprint density at radius 2 is 1.81 bits per heavy atom. The second-order valence-corrected chi connectivity index (χ2v) is 6.70. The monoisotopic (exact) mass is 401 g/mol. The van der Waals surface area contributed by atoms with Crippen molar-refractivity contribution in [1.82, 2.24) is 15.5 Å². The number of ether oxygens (including phenoxy) is 1. The lowest BCUT2D eigenvalue weighted by Gasteiger charge is -2.08. The number of nitrogens with zero attached hydrogens (tertiary/aromatic N) is 2. The van der Waals surface area contributed by atoms with E-state index in [1.54, 1.807) is 18.2 Å². The third-order valence-corrected chi connectivity index (χ3v) is 4.35. The molecule has 0 fully saturated rings. The van der Waals surface area contributed by atoms with Crippen molar-refractivity contribution in [1.29, 1.82) is 0 Å². The predicted molar refractivity (Wildman–Crippen MR) is 106 cm³/mol. The van der Waals surface area contributed by atoms with Crippen LogP contribution in [0.15, 0.2) is 54.6 Å². The summed E-state index contributed by atoms with van der Waals surface area (Å²) < 4.78 is 5.51. The van der Waals surface area contributed by atoms with E-state index in [2.05, 4.69) is 15.5 Å². The number of halogens is 2. The summed E-state index contributed by atoms with van der Waals surface area (Å²) in [5.41, 5.74) is 3.32. The zero-order valence-corrected chi connectivity index (χ0v) is 16.1. The quantitative estimate of drug-likeness (QED) is 0.614. The number of benzene rings is 2. The first-order valence-corrected chi connectivity index (χ1v) is 9.05. The number of rotatable bonds is 6. The highest BCUT2D eigenvalue weighted by Crippen LogP contribution is 2.21. The molecule has 1 N–H and O–H groups in total. The van der Waals surface area contributed by atoms with Gasteiger partial charge in [-0.15, -0.1) is 10.2 Å². The third kappa shape index (κ3) is 5.18. The molecule has 1 heterocycles. The van der Waals surface area contributed by atoms with E-state index < -0.39 is 0 Å². The lowest BCUT2D eigenvalue weighted by atomic mass is 10.1. The second-order valence-electron chi connectivity index (χ2n) is 5.85. The normalized spacial score (nSPS) is 10.5. The van der Waals surface area contributed by atoms with Crippen LogP contribution in [0.2, 0.25) is 10.0 Å². The molecule has 27 heavy (non-hydrogen) atoms. The SMILES string of the molecule is Cc1ccc(-c2ccc(OCCNC(=O)c3ccc(Cl)cc3Cl)nn2)cc1. The van der Waals surface area contributed by atoms with Crippen LogP contribution in [0.4, 0.5) is 0 Å². The van der Waals surface area contributed by atoms with Gasteiger partial charge in [-0.25, -0.2) is 0 Å². The van der Waals surface area contributed by atoms with Crippen molar-refractivity contribution in [3.63, 3.8) is 0 Å². The molecular formula is C20H17Cl2N3O2. The van der Waals surface area contributed by atoms with Crippen molar-refractivity contribution in [2.24, 2.45) is 0 Å². The first kappa shape index (κ1) is 19.1. The van der Waals surface area contributed by atoms with Crippen LogP contribution in [-0.4, -0.2) is 29.3 Å². The van der Waals surface area contributed by atoms with E-state index in [1.165, 1.54) is 11.6 Å². The van der Waals surface area contributed by atoms with E-state index in [1.807, 2.05) is 37.3 Å². The molecule has 3 rings (SSSR count). The molecule has 0 unspecified atom stereocenters. The molecule has 0 spiro atoms. The first-order valence-electron chi connectivity index (χ1n) is 8.30. The molecule has 0 radical (unpaired) electrons. The molecule has 1 aromatic heterocycles. The zero-order valence-electron chi connectivity index (χ0n) is 14.6. The van der Waals surface area contributed by atoms with Gasteiger partial charge in [0.2, 0.25) is 5.88 Å². The van der Waals surface area contributed by atoms with E-state index >= 15 is 0 Å². The molecule has 1 amide bonds. The molecule has 0 bridgehead atoms. The highest BCUT2D eigenvalue weighted by atomic mass is 35.5. The minimum atomic E-state index is -0.291. The fraction of sp³-hybridized carbons (Fsp3) is 0.150. The van der Waals surface area contributed by atoms with Gasteiger partial charge in [-0.05, 0) is 31.2 Å². The summed E-state index contributed by atoms with van der Waals surface area (Å²) in [6, 6.07) is 16.4. The van der Waals surface area contributed by atoms with Crippen LogP contribution >= 0.6 is 23.2 Å². The Hall–Kier alpha value is -2.63. The topological polar surface area (TPSA) is 64.1 Å². The van der Waals surface area contributed by atoms with Crippen molar-refractivity contribution >= 4 is 29.1 Å². The molecule has 0 aliphatic carbocycles. The van der Waals surface area contributed by atoms with Gasteiger partial charge in [-0.2, -0.15) is 0 Å². The number of nitrogens with one attached hydrogen (secondary N) is 1. The van der Waals surface area contributed by atoms with Crippen molar-refractivity contribution in [2.75, 3.05) is 13.2 Å². The first-order chi connectivity index (χ1) is 13.0. The second kappa shape index (κ2) is 8.84. The summed E-state index contributed by atoms with van der Waals surface area (Å²) in [4.78, 5) is 12.1. The summed E-state index contributed by atoms with van der Waals surface area (Å²) in [5, 5.41) is 11.7. The van der Waals surface area contributed by atoms with Crippen molar-refractivity contribution in [3.05, 3.63) is 75.8 Å². The minimum Gasteiger partial charge on any atom is -0.475 e. The number of aryl methyl sites for hydroxylation is 1. The van der Waals surface area contributed by atoms with Crippen LogP contribution in [0.1, 0.15) is 15.9 Å². The molecular weight excluding hydrogens is 385 g/mol. The molecule has 3 aromatic rings. The van der Waals surface area contributed by atoms with Gasteiger partial charge in [-0.1, -0.05) is 53.0 Å². The summed E-state index contributed by atoms with van der Waals surface area (Å²) in [5.74, 6) is 0.103. The number of carbonyl (C=O) groups is 1. The maximum atomic E-state index is 12.1. The lowest BCUT2D eigenvalue weighted by Crippen LogP contribution is -2.28. The van der Waals surface area contributed by atoms with E-state index in [9.17, 15) is 4.79 Å². The number of amides is 1. The van der Waals surface area contributed by atoms with E-state index in [0.717, 1.165) is 11.3 Å². The molecule has 0 saturated heterocycles. The van der Waals surface area contributed by atoms with Crippen molar-refractivity contribution in [2.45, 2.75) is 6.92 Å². The van der Waals surface area contributed by atoms with Crippen LogP contribution in [0.3, 0.4) is 0 Å². The minimum absolute atomic E-state index is 0.259. The highest BCUT2D eigenvalue weighted by Gasteiger charge is 2.10. The molecule has 7 heteroatoms. The number of carbonyl (C=O) groups excluding carboxylic acids is 1. The van der Waals surface area contributed by atoms with Gasteiger partial charge in [0.15, 0.2) is 0 Å². The standard InChI is InChI=1S/C20H17Cl2N3O2/c1-13-2-4-14(5-3-13)18-8-9-19(25-24-18)27-11-10-23-20(26)16-7-6-15(21)12-17(16)22/h2-9,12H,10-11H2,1H3,(H,23,26). The Labute approximate surface area is 167 Å². The van der Waals surface area contributed by atoms with Gasteiger partial charge in [0.1, 0.15) is 6.61 Å². The molecule has 0 aliphatic heterocycles. The lowest BCUT2D eigenvalue weighted by molar-refractivity contribution is 0.0946.